The van der Waals surface area contributed by atoms with Crippen molar-refractivity contribution in [3.8, 4) is 17.2 Å². The third-order valence-corrected chi connectivity index (χ3v) is 4.89. The maximum absolute atomic E-state index is 12.3. The van der Waals surface area contributed by atoms with Crippen LogP contribution in [0.1, 0.15) is 16.7 Å². The van der Waals surface area contributed by atoms with Crippen LogP contribution in [-0.4, -0.2) is 38.8 Å². The molecular weight excluding hydrogens is 396 g/mol. The van der Waals surface area contributed by atoms with Crippen LogP contribution in [0.5, 0.6) is 17.2 Å². The van der Waals surface area contributed by atoms with Gasteiger partial charge in [-0.3, -0.25) is 9.59 Å². The van der Waals surface area contributed by atoms with Gasteiger partial charge in [0, 0.05) is 23.7 Å². The highest BCUT2D eigenvalue weighted by Gasteiger charge is 2.12. The average Bonchev–Trinajstić information content (AvgIpc) is 2.77. The molecule has 0 spiro atoms. The number of pyridine rings is 1. The van der Waals surface area contributed by atoms with Gasteiger partial charge in [0.15, 0.2) is 11.5 Å². The Balaban J connectivity index is 1.64. The highest BCUT2D eigenvalue weighted by atomic mass is 16.5. The van der Waals surface area contributed by atoms with Crippen LogP contribution >= 0.6 is 0 Å². The van der Waals surface area contributed by atoms with Gasteiger partial charge in [0.1, 0.15) is 0 Å². The van der Waals surface area contributed by atoms with Gasteiger partial charge in [0.05, 0.1) is 21.3 Å². The first-order chi connectivity index (χ1) is 14.9. The molecule has 0 fully saturated rings. The number of carbonyl (C=O) groups excluding carboxylic acids is 1. The largest absolute Gasteiger partial charge is 0.493 e. The number of hydrogen-bond acceptors (Lipinski definition) is 5. The molecule has 1 heterocycles. The number of aromatic amines is 1. The number of H-pyrrole nitrogens is 1. The van der Waals surface area contributed by atoms with E-state index in [2.05, 4.69) is 10.3 Å². The summed E-state index contributed by atoms with van der Waals surface area (Å²) in [7, 11) is 4.60. The van der Waals surface area contributed by atoms with Crippen LogP contribution in [0.25, 0.3) is 17.0 Å². The monoisotopic (exact) mass is 422 g/mol. The van der Waals surface area contributed by atoms with Gasteiger partial charge in [0.2, 0.25) is 11.7 Å². The molecule has 2 N–H and O–H groups in total. The number of aromatic nitrogens is 1. The number of rotatable bonds is 8. The molecule has 3 rings (SSSR count). The Morgan fingerprint density at radius 3 is 2.39 bits per heavy atom. The molecule has 0 aliphatic heterocycles. The maximum Gasteiger partial charge on any atom is 0.251 e. The molecule has 0 saturated heterocycles. The lowest BCUT2D eigenvalue weighted by Crippen LogP contribution is -2.25. The number of aryl methyl sites for hydroxylation is 1. The quantitative estimate of drug-likeness (QED) is 0.544. The van der Waals surface area contributed by atoms with Gasteiger partial charge in [-0.1, -0.05) is 12.1 Å². The van der Waals surface area contributed by atoms with Crippen molar-refractivity contribution in [3.63, 3.8) is 0 Å². The van der Waals surface area contributed by atoms with Crippen LogP contribution in [0.2, 0.25) is 0 Å². The van der Waals surface area contributed by atoms with Crippen LogP contribution in [0.15, 0.2) is 47.3 Å². The lowest BCUT2D eigenvalue weighted by molar-refractivity contribution is -0.116. The number of benzene rings is 2. The second-order valence-electron chi connectivity index (χ2n) is 7.05. The van der Waals surface area contributed by atoms with Crippen LogP contribution in [-0.2, 0) is 11.2 Å². The summed E-state index contributed by atoms with van der Waals surface area (Å²) >= 11 is 0. The molecule has 0 aliphatic rings. The zero-order valence-electron chi connectivity index (χ0n) is 18.1. The molecule has 3 aromatic rings. The number of amides is 1. The van der Waals surface area contributed by atoms with Crippen LogP contribution in [0.4, 0.5) is 0 Å². The summed E-state index contributed by atoms with van der Waals surface area (Å²) in [6.07, 6.45) is 3.52. The molecule has 0 aliphatic carbocycles. The van der Waals surface area contributed by atoms with Crippen molar-refractivity contribution in [1.29, 1.82) is 0 Å². The minimum absolute atomic E-state index is 0.139. The second-order valence-corrected chi connectivity index (χ2v) is 7.05. The molecule has 0 bridgehead atoms. The standard InChI is InChI=1S/C24H26N2O5/c1-15-5-7-17-14-18(24(28)26-19(17)11-15)9-10-25-22(27)8-6-16-12-20(29-2)23(31-4)21(13-16)30-3/h5-8,11-14H,9-10H2,1-4H3,(H,25,27)(H,26,28)/b8-6+. The topological polar surface area (TPSA) is 89.7 Å². The van der Waals surface area contributed by atoms with E-state index in [0.29, 0.717) is 35.8 Å². The van der Waals surface area contributed by atoms with Crippen molar-refractivity contribution in [2.75, 3.05) is 27.9 Å². The van der Waals surface area contributed by atoms with E-state index in [0.717, 1.165) is 22.0 Å². The van der Waals surface area contributed by atoms with Crippen LogP contribution in [0.3, 0.4) is 0 Å². The van der Waals surface area contributed by atoms with E-state index < -0.39 is 0 Å². The van der Waals surface area contributed by atoms with Gasteiger partial charge in [0.25, 0.3) is 5.56 Å². The Morgan fingerprint density at radius 1 is 1.03 bits per heavy atom. The van der Waals surface area contributed by atoms with Crippen molar-refractivity contribution >= 4 is 22.9 Å². The van der Waals surface area contributed by atoms with Gasteiger partial charge in [-0.25, -0.2) is 0 Å². The van der Waals surface area contributed by atoms with Gasteiger partial charge in [-0.15, -0.1) is 0 Å². The number of ether oxygens (including phenoxy) is 3. The van der Waals surface area contributed by atoms with Gasteiger partial charge < -0.3 is 24.5 Å². The van der Waals surface area contributed by atoms with E-state index in [1.807, 2.05) is 31.2 Å². The second kappa shape index (κ2) is 9.84. The smallest absolute Gasteiger partial charge is 0.251 e. The van der Waals surface area contributed by atoms with E-state index in [1.54, 1.807) is 18.2 Å². The maximum atomic E-state index is 12.3. The number of fused-ring (bicyclic) bond motifs is 1. The van der Waals surface area contributed by atoms with E-state index in [4.69, 9.17) is 14.2 Å². The average molecular weight is 422 g/mol. The Bertz CT molecular complexity index is 1160. The Kier molecular flexibility index (Phi) is 6.97. The van der Waals surface area contributed by atoms with Gasteiger partial charge >= 0.3 is 0 Å². The summed E-state index contributed by atoms with van der Waals surface area (Å²) in [6, 6.07) is 11.3. The summed E-state index contributed by atoms with van der Waals surface area (Å²) in [5, 5.41) is 3.77. The molecule has 0 saturated carbocycles. The molecule has 0 unspecified atom stereocenters. The molecule has 1 aromatic heterocycles. The fraction of sp³-hybridized carbons (Fsp3) is 0.250. The highest BCUT2D eigenvalue weighted by molar-refractivity contribution is 5.92. The zero-order valence-corrected chi connectivity index (χ0v) is 18.1. The lowest BCUT2D eigenvalue weighted by atomic mass is 10.1. The van der Waals surface area contributed by atoms with E-state index >= 15 is 0 Å². The van der Waals surface area contributed by atoms with Crippen LogP contribution < -0.4 is 25.1 Å². The fourth-order valence-corrected chi connectivity index (χ4v) is 3.29. The Morgan fingerprint density at radius 2 is 1.74 bits per heavy atom. The first kappa shape index (κ1) is 22.0. The van der Waals surface area contributed by atoms with Crippen molar-refractivity contribution in [3.05, 3.63) is 69.5 Å². The number of carbonyl (C=O) groups is 1. The molecule has 7 nitrogen and oxygen atoms in total. The summed E-state index contributed by atoms with van der Waals surface area (Å²) in [5.41, 5.74) is 3.12. The molecule has 2 aromatic carbocycles. The predicted octanol–water partition coefficient (Wildman–Crippen LogP) is 3.23. The normalized spacial score (nSPS) is 11.0. The summed E-state index contributed by atoms with van der Waals surface area (Å²) in [5.74, 6) is 1.24. The number of methoxy groups -OCH3 is 3. The number of hydrogen-bond donors (Lipinski definition) is 2. The molecule has 7 heteroatoms. The molecular formula is C24H26N2O5. The third kappa shape index (κ3) is 5.25. The van der Waals surface area contributed by atoms with Crippen molar-refractivity contribution in [1.82, 2.24) is 10.3 Å². The van der Waals surface area contributed by atoms with Crippen LogP contribution in [0, 0.1) is 6.92 Å². The molecule has 162 valence electrons. The summed E-state index contributed by atoms with van der Waals surface area (Å²) in [4.78, 5) is 27.4. The third-order valence-electron chi connectivity index (χ3n) is 4.89. The van der Waals surface area contributed by atoms with E-state index in [1.165, 1.54) is 27.4 Å². The fourth-order valence-electron chi connectivity index (χ4n) is 3.29. The minimum Gasteiger partial charge on any atom is -0.493 e. The first-order valence-corrected chi connectivity index (χ1v) is 9.83. The SMILES string of the molecule is COc1cc(/C=C/C(=O)NCCc2cc3ccc(C)cc3[nH]c2=O)cc(OC)c1OC. The first-order valence-electron chi connectivity index (χ1n) is 9.83. The molecule has 0 radical (unpaired) electrons. The molecule has 31 heavy (non-hydrogen) atoms. The number of nitrogens with one attached hydrogen (secondary N) is 2. The zero-order chi connectivity index (χ0) is 22.4. The van der Waals surface area contributed by atoms with Gasteiger partial charge in [-0.2, -0.15) is 0 Å². The van der Waals surface area contributed by atoms with E-state index in [-0.39, 0.29) is 11.5 Å². The lowest BCUT2D eigenvalue weighted by Gasteiger charge is -2.12. The molecule has 0 atom stereocenters. The van der Waals surface area contributed by atoms with E-state index in [9.17, 15) is 9.59 Å². The minimum atomic E-state index is -0.262. The highest BCUT2D eigenvalue weighted by Crippen LogP contribution is 2.38. The Labute approximate surface area is 180 Å². The molecule has 1 amide bonds. The van der Waals surface area contributed by atoms with Gasteiger partial charge in [-0.05, 0) is 60.2 Å². The van der Waals surface area contributed by atoms with Crippen molar-refractivity contribution in [2.45, 2.75) is 13.3 Å². The van der Waals surface area contributed by atoms with Crippen molar-refractivity contribution < 1.29 is 19.0 Å². The summed E-state index contributed by atoms with van der Waals surface area (Å²) in [6.45, 7) is 2.33. The summed E-state index contributed by atoms with van der Waals surface area (Å²) < 4.78 is 15.9. The predicted molar refractivity (Wildman–Crippen MR) is 121 cm³/mol. The Hall–Kier alpha value is -3.74. The van der Waals surface area contributed by atoms with Crippen molar-refractivity contribution in [2.24, 2.45) is 0 Å².